The molecule has 2 nitrogen and oxygen atoms in total. The highest BCUT2D eigenvalue weighted by molar-refractivity contribution is 5.03. The SMILES string of the molecule is CCC1CCC(C#N)(CCCOC)C1. The van der Waals surface area contributed by atoms with Crippen LogP contribution in [0.1, 0.15) is 45.4 Å². The third kappa shape index (κ3) is 2.72. The summed E-state index contributed by atoms with van der Waals surface area (Å²) in [5.74, 6) is 0.789. The van der Waals surface area contributed by atoms with Crippen molar-refractivity contribution in [1.29, 1.82) is 5.26 Å². The maximum atomic E-state index is 9.24. The zero-order valence-electron chi connectivity index (χ0n) is 9.38. The third-order valence-electron chi connectivity index (χ3n) is 3.53. The van der Waals surface area contributed by atoms with Crippen molar-refractivity contribution in [2.24, 2.45) is 11.3 Å². The summed E-state index contributed by atoms with van der Waals surface area (Å²) in [6.07, 6.45) is 6.74. The van der Waals surface area contributed by atoms with Gasteiger partial charge in [0.2, 0.25) is 0 Å². The molecule has 1 aliphatic carbocycles. The lowest BCUT2D eigenvalue weighted by atomic mass is 9.82. The minimum absolute atomic E-state index is 0.0147. The summed E-state index contributed by atoms with van der Waals surface area (Å²) < 4.78 is 5.03. The fourth-order valence-corrected chi connectivity index (χ4v) is 2.52. The van der Waals surface area contributed by atoms with Crippen LogP contribution in [0.15, 0.2) is 0 Å². The van der Waals surface area contributed by atoms with Gasteiger partial charge in [-0.3, -0.25) is 0 Å². The second-order valence-electron chi connectivity index (χ2n) is 4.51. The Labute approximate surface area is 87.3 Å². The lowest BCUT2D eigenvalue weighted by Crippen LogP contribution is -2.15. The van der Waals surface area contributed by atoms with E-state index in [1.54, 1.807) is 7.11 Å². The van der Waals surface area contributed by atoms with Crippen molar-refractivity contribution in [3.05, 3.63) is 0 Å². The molecule has 0 radical (unpaired) electrons. The monoisotopic (exact) mass is 195 g/mol. The Kier molecular flexibility index (Phi) is 4.41. The van der Waals surface area contributed by atoms with Crippen LogP contribution in [-0.2, 0) is 4.74 Å². The van der Waals surface area contributed by atoms with Gasteiger partial charge in [-0.2, -0.15) is 5.26 Å². The Morgan fingerprint density at radius 1 is 1.57 bits per heavy atom. The van der Waals surface area contributed by atoms with Gasteiger partial charge in [-0.15, -0.1) is 0 Å². The molecule has 0 heterocycles. The van der Waals surface area contributed by atoms with E-state index in [2.05, 4.69) is 13.0 Å². The van der Waals surface area contributed by atoms with Gasteiger partial charge in [0, 0.05) is 13.7 Å². The van der Waals surface area contributed by atoms with Gasteiger partial charge >= 0.3 is 0 Å². The van der Waals surface area contributed by atoms with E-state index in [1.807, 2.05) is 0 Å². The van der Waals surface area contributed by atoms with E-state index >= 15 is 0 Å². The minimum atomic E-state index is -0.0147. The zero-order chi connectivity index (χ0) is 10.4. The first-order chi connectivity index (χ1) is 6.76. The van der Waals surface area contributed by atoms with Gasteiger partial charge < -0.3 is 4.74 Å². The van der Waals surface area contributed by atoms with Gasteiger partial charge in [-0.25, -0.2) is 0 Å². The van der Waals surface area contributed by atoms with Gasteiger partial charge in [-0.1, -0.05) is 13.3 Å². The molecule has 0 saturated heterocycles. The highest BCUT2D eigenvalue weighted by atomic mass is 16.5. The van der Waals surface area contributed by atoms with Crippen LogP contribution in [0.4, 0.5) is 0 Å². The van der Waals surface area contributed by atoms with E-state index in [4.69, 9.17) is 4.74 Å². The first kappa shape index (κ1) is 11.5. The fraction of sp³-hybridized carbons (Fsp3) is 0.917. The van der Waals surface area contributed by atoms with E-state index in [-0.39, 0.29) is 5.41 Å². The van der Waals surface area contributed by atoms with Crippen molar-refractivity contribution in [2.75, 3.05) is 13.7 Å². The zero-order valence-corrected chi connectivity index (χ0v) is 9.38. The molecule has 1 rings (SSSR count). The van der Waals surface area contributed by atoms with Crippen LogP contribution in [0.5, 0.6) is 0 Å². The first-order valence-electron chi connectivity index (χ1n) is 5.66. The number of hydrogen-bond acceptors (Lipinski definition) is 2. The normalized spacial score (nSPS) is 31.6. The summed E-state index contributed by atoms with van der Waals surface area (Å²) in [4.78, 5) is 0. The van der Waals surface area contributed by atoms with E-state index in [0.717, 1.165) is 38.2 Å². The second kappa shape index (κ2) is 5.36. The van der Waals surface area contributed by atoms with E-state index in [1.165, 1.54) is 12.8 Å². The van der Waals surface area contributed by atoms with Crippen LogP contribution >= 0.6 is 0 Å². The minimum Gasteiger partial charge on any atom is -0.385 e. The van der Waals surface area contributed by atoms with E-state index < -0.39 is 0 Å². The van der Waals surface area contributed by atoms with Crippen molar-refractivity contribution in [3.8, 4) is 6.07 Å². The molecule has 2 atom stereocenters. The maximum Gasteiger partial charge on any atom is 0.0689 e. The van der Waals surface area contributed by atoms with Crippen LogP contribution in [0.2, 0.25) is 0 Å². The molecule has 0 bridgehead atoms. The lowest BCUT2D eigenvalue weighted by Gasteiger charge is -2.20. The molecular formula is C12H21NO. The fourth-order valence-electron chi connectivity index (χ4n) is 2.52. The molecule has 1 saturated carbocycles. The van der Waals surface area contributed by atoms with Crippen LogP contribution in [0.25, 0.3) is 0 Å². The molecule has 0 aromatic rings. The van der Waals surface area contributed by atoms with Gasteiger partial charge in [-0.05, 0) is 38.0 Å². The lowest BCUT2D eigenvalue weighted by molar-refractivity contribution is 0.178. The van der Waals surface area contributed by atoms with Crippen molar-refractivity contribution in [2.45, 2.75) is 45.4 Å². The number of methoxy groups -OCH3 is 1. The van der Waals surface area contributed by atoms with Crippen molar-refractivity contribution < 1.29 is 4.74 Å². The third-order valence-corrected chi connectivity index (χ3v) is 3.53. The molecule has 0 aromatic carbocycles. The van der Waals surface area contributed by atoms with Crippen molar-refractivity contribution in [3.63, 3.8) is 0 Å². The second-order valence-corrected chi connectivity index (χ2v) is 4.51. The highest BCUT2D eigenvalue weighted by Gasteiger charge is 2.37. The van der Waals surface area contributed by atoms with Crippen LogP contribution < -0.4 is 0 Å². The smallest absolute Gasteiger partial charge is 0.0689 e. The van der Waals surface area contributed by atoms with Gasteiger partial charge in [0.1, 0.15) is 0 Å². The summed E-state index contributed by atoms with van der Waals surface area (Å²) in [6, 6.07) is 2.55. The number of rotatable bonds is 5. The van der Waals surface area contributed by atoms with Crippen LogP contribution in [0, 0.1) is 22.7 Å². The predicted octanol–water partition coefficient (Wildman–Crippen LogP) is 3.13. The maximum absolute atomic E-state index is 9.24. The summed E-state index contributed by atoms with van der Waals surface area (Å²) in [5.41, 5.74) is -0.0147. The quantitative estimate of drug-likeness (QED) is 0.631. The number of nitrogens with zero attached hydrogens (tertiary/aromatic N) is 1. The Morgan fingerprint density at radius 2 is 2.36 bits per heavy atom. The van der Waals surface area contributed by atoms with Gasteiger partial charge in [0.05, 0.1) is 11.5 Å². The number of ether oxygens (including phenoxy) is 1. The molecule has 14 heavy (non-hydrogen) atoms. The molecule has 0 aromatic heterocycles. The van der Waals surface area contributed by atoms with Crippen LogP contribution in [-0.4, -0.2) is 13.7 Å². The molecule has 80 valence electrons. The van der Waals surface area contributed by atoms with E-state index in [0.29, 0.717) is 0 Å². The molecule has 2 heteroatoms. The molecule has 0 amide bonds. The molecule has 1 aliphatic rings. The topological polar surface area (TPSA) is 33.0 Å². The average molecular weight is 195 g/mol. The van der Waals surface area contributed by atoms with Crippen molar-refractivity contribution >= 4 is 0 Å². The summed E-state index contributed by atoms with van der Waals surface area (Å²) in [7, 11) is 1.72. The van der Waals surface area contributed by atoms with Crippen LogP contribution in [0.3, 0.4) is 0 Å². The molecule has 0 aliphatic heterocycles. The summed E-state index contributed by atoms with van der Waals surface area (Å²) >= 11 is 0. The first-order valence-corrected chi connectivity index (χ1v) is 5.66. The molecule has 2 unspecified atom stereocenters. The molecule has 0 N–H and O–H groups in total. The highest BCUT2D eigenvalue weighted by Crippen LogP contribution is 2.45. The Balaban J connectivity index is 2.40. The van der Waals surface area contributed by atoms with Crippen molar-refractivity contribution in [1.82, 2.24) is 0 Å². The number of hydrogen-bond donors (Lipinski definition) is 0. The Bertz CT molecular complexity index is 209. The predicted molar refractivity (Wildman–Crippen MR) is 56.8 cm³/mol. The average Bonchev–Trinajstić information content (AvgIpc) is 2.63. The molecule has 0 spiro atoms. The summed E-state index contributed by atoms with van der Waals surface area (Å²) in [6.45, 7) is 3.02. The Hall–Kier alpha value is -0.550. The van der Waals surface area contributed by atoms with Gasteiger partial charge in [0.15, 0.2) is 0 Å². The Morgan fingerprint density at radius 3 is 2.86 bits per heavy atom. The molecular weight excluding hydrogens is 174 g/mol. The summed E-state index contributed by atoms with van der Waals surface area (Å²) in [5, 5.41) is 9.24. The standard InChI is InChI=1S/C12H21NO/c1-3-11-5-7-12(9-11,10-13)6-4-8-14-2/h11H,3-9H2,1-2H3. The molecule has 1 fully saturated rings. The van der Waals surface area contributed by atoms with Gasteiger partial charge in [0.25, 0.3) is 0 Å². The van der Waals surface area contributed by atoms with E-state index in [9.17, 15) is 5.26 Å². The number of nitriles is 1. The largest absolute Gasteiger partial charge is 0.385 e.